The molecule has 2 atom stereocenters. The van der Waals surface area contributed by atoms with Crippen LogP contribution in [-0.2, 0) is 32.7 Å². The maximum Gasteiger partial charge on any atom is 0.306 e. The number of hydrogen-bond donors (Lipinski definition) is 0. The summed E-state index contributed by atoms with van der Waals surface area (Å²) in [5.74, 6) is -0.860. The minimum Gasteiger partial charge on any atom is -0.756 e. The third-order valence-corrected chi connectivity index (χ3v) is 17.1. The summed E-state index contributed by atoms with van der Waals surface area (Å²) in [7, 11) is 1.14. The van der Waals surface area contributed by atoms with Crippen LogP contribution in [0, 0.1) is 0 Å². The molecule has 0 heterocycles. The van der Waals surface area contributed by atoms with Gasteiger partial charge in [0.2, 0.25) is 0 Å². The third-order valence-electron chi connectivity index (χ3n) is 16.1. The quantitative estimate of drug-likeness (QED) is 0.0195. The van der Waals surface area contributed by atoms with Gasteiger partial charge in [0, 0.05) is 12.8 Å². The number of likely N-dealkylation sites (N-methyl/N-ethyl adjacent to an activating group) is 1. The van der Waals surface area contributed by atoms with Crippen LogP contribution in [0.15, 0.2) is 194 Å². The Hall–Kier alpha value is -5.15. The SMILES string of the molecule is CC/C=C\C/C=C\C/C=C\C/C=C\C/C=C\C/C=C\C/C=C\C/C=C\C/C=C\CCCCCCCC(=O)OC(COC(=O)CCCCCCCCCCCCCCCCCCCCC/C=C\C/C=C\C/C=C\C/C=C\C/C=C\C/C=C\C/C=C\CC)COP(=O)([O-])OCC[N+](C)(C)C. The minimum absolute atomic E-state index is 0.0434. The van der Waals surface area contributed by atoms with E-state index in [4.69, 9.17) is 18.5 Å². The molecule has 554 valence electrons. The first-order valence-electron chi connectivity index (χ1n) is 39.1. The molecule has 0 radical (unpaired) electrons. The summed E-state index contributed by atoms with van der Waals surface area (Å²) in [6.07, 6.45) is 118. The van der Waals surface area contributed by atoms with Gasteiger partial charge in [-0.15, -0.1) is 0 Å². The average Bonchev–Trinajstić information content (AvgIpc) is 1.08. The molecule has 0 aliphatic carbocycles. The minimum atomic E-state index is -4.66. The van der Waals surface area contributed by atoms with Crippen molar-refractivity contribution in [2.75, 3.05) is 47.5 Å². The topological polar surface area (TPSA) is 111 Å². The third kappa shape index (κ3) is 79.8. The summed E-state index contributed by atoms with van der Waals surface area (Å²) in [5.41, 5.74) is 0. The van der Waals surface area contributed by atoms with Gasteiger partial charge >= 0.3 is 11.9 Å². The van der Waals surface area contributed by atoms with E-state index < -0.39 is 32.5 Å². The van der Waals surface area contributed by atoms with Crippen molar-refractivity contribution < 1.29 is 42.1 Å². The predicted molar refractivity (Wildman–Crippen MR) is 424 cm³/mol. The van der Waals surface area contributed by atoms with Crippen LogP contribution in [0.2, 0.25) is 0 Å². The van der Waals surface area contributed by atoms with Crippen molar-refractivity contribution in [3.05, 3.63) is 194 Å². The van der Waals surface area contributed by atoms with Crippen molar-refractivity contribution in [3.63, 3.8) is 0 Å². The number of esters is 2. The lowest BCUT2D eigenvalue weighted by atomic mass is 10.0. The number of phosphoric acid groups is 1. The van der Waals surface area contributed by atoms with Crippen molar-refractivity contribution >= 4 is 19.8 Å². The van der Waals surface area contributed by atoms with Crippen LogP contribution in [0.4, 0.5) is 0 Å². The molecular formula is C88H144NO8P. The molecule has 0 aliphatic heterocycles. The molecule has 0 fully saturated rings. The standard InChI is InChI=1S/C88H144NO8P/c1-6-8-10-12-14-16-18-20-22-24-26-28-30-32-34-36-38-40-41-42-43-44-45-46-47-49-50-52-54-56-58-60-62-64-66-68-70-72-74-76-78-80-87(90)94-84-86(85-96-98(92,93)95-83-82-89(3,4)5)97-88(91)81-79-77-75-73-71-69-67-65-63-61-59-57-55-53-51-48-39-37-35-33-31-29-27-25-23-21-19-17-15-13-11-9-7-2/h8-11,14-17,20-23,26-29,32-35,38-40,42-43,48,53,55,59,61,65,67,86H,6-7,12-13,18-19,24-25,30-31,36-37,41,44-47,49-52,54,56-58,60,62-64,66,68-85H2,1-5H3/b10-8-,11-9-,16-14-,17-15-,22-20-,23-21-,28-26-,29-27-,34-32-,35-33-,40-38-,43-42-,48-39-,55-53-,61-59-,67-65-. The van der Waals surface area contributed by atoms with E-state index in [1.807, 2.05) is 21.1 Å². The number of hydrogen-bond acceptors (Lipinski definition) is 8. The number of allylic oxidation sites excluding steroid dienone is 32. The zero-order chi connectivity index (χ0) is 71.1. The van der Waals surface area contributed by atoms with Crippen LogP contribution in [0.1, 0.15) is 296 Å². The molecule has 0 aromatic carbocycles. The Morgan fingerprint density at radius 1 is 0.316 bits per heavy atom. The van der Waals surface area contributed by atoms with Crippen molar-refractivity contribution in [2.45, 2.75) is 302 Å². The van der Waals surface area contributed by atoms with Gasteiger partial charge in [-0.25, -0.2) is 0 Å². The molecule has 98 heavy (non-hydrogen) atoms. The molecule has 0 amide bonds. The van der Waals surface area contributed by atoms with Gasteiger partial charge in [-0.3, -0.25) is 14.2 Å². The van der Waals surface area contributed by atoms with Gasteiger partial charge in [0.05, 0.1) is 27.7 Å². The van der Waals surface area contributed by atoms with E-state index >= 15 is 0 Å². The molecule has 0 aliphatic rings. The van der Waals surface area contributed by atoms with Crippen molar-refractivity contribution in [3.8, 4) is 0 Å². The van der Waals surface area contributed by atoms with E-state index in [1.165, 1.54) is 109 Å². The van der Waals surface area contributed by atoms with Gasteiger partial charge in [0.15, 0.2) is 6.10 Å². The van der Waals surface area contributed by atoms with E-state index in [1.54, 1.807) is 0 Å². The highest BCUT2D eigenvalue weighted by Crippen LogP contribution is 2.38. The van der Waals surface area contributed by atoms with Crippen molar-refractivity contribution in [1.29, 1.82) is 0 Å². The number of carbonyl (C=O) groups excluding carboxylic acids is 2. The molecule has 0 N–H and O–H groups in total. The fourth-order valence-corrected chi connectivity index (χ4v) is 10.9. The van der Waals surface area contributed by atoms with Gasteiger partial charge in [-0.2, -0.15) is 0 Å². The first-order chi connectivity index (χ1) is 48.0. The maximum absolute atomic E-state index is 12.9. The molecule has 2 unspecified atom stereocenters. The maximum atomic E-state index is 12.9. The molecule has 0 aromatic heterocycles. The second-order valence-electron chi connectivity index (χ2n) is 26.6. The molecule has 0 rings (SSSR count). The highest BCUT2D eigenvalue weighted by atomic mass is 31.2. The summed E-state index contributed by atoms with van der Waals surface area (Å²) in [6.45, 7) is 3.99. The van der Waals surface area contributed by atoms with Gasteiger partial charge in [-0.05, 0) is 141 Å². The second-order valence-corrected chi connectivity index (χ2v) is 28.0. The van der Waals surface area contributed by atoms with Crippen LogP contribution >= 0.6 is 7.82 Å². The molecule has 0 spiro atoms. The Labute approximate surface area is 603 Å². The molecule has 0 saturated carbocycles. The molecule has 9 nitrogen and oxygen atoms in total. The smallest absolute Gasteiger partial charge is 0.306 e. The Bertz CT molecular complexity index is 2360. The molecule has 0 aromatic rings. The zero-order valence-corrected chi connectivity index (χ0v) is 64.0. The fourth-order valence-electron chi connectivity index (χ4n) is 10.2. The van der Waals surface area contributed by atoms with Crippen LogP contribution in [0.25, 0.3) is 0 Å². The second kappa shape index (κ2) is 76.0. The molecule has 0 bridgehead atoms. The molecular weight excluding hydrogens is 1230 g/mol. The number of unbranched alkanes of at least 4 members (excludes halogenated alkanes) is 24. The first kappa shape index (κ1) is 92.8. The summed E-state index contributed by atoms with van der Waals surface area (Å²) in [4.78, 5) is 38.2. The number of nitrogens with zero attached hydrogens (tertiary/aromatic N) is 1. The Balaban J connectivity index is 4.06. The summed E-state index contributed by atoms with van der Waals surface area (Å²) in [5, 5.41) is 0. The Kier molecular flexibility index (Phi) is 72.0. The van der Waals surface area contributed by atoms with E-state index in [0.29, 0.717) is 17.4 Å². The summed E-state index contributed by atoms with van der Waals surface area (Å²) in [6, 6.07) is 0. The summed E-state index contributed by atoms with van der Waals surface area (Å²) >= 11 is 0. The predicted octanol–water partition coefficient (Wildman–Crippen LogP) is 25.8. The number of rotatable bonds is 70. The number of quaternary nitrogens is 1. The number of carbonyl (C=O) groups is 2. The molecule has 10 heteroatoms. The lowest BCUT2D eigenvalue weighted by Gasteiger charge is -2.28. The van der Waals surface area contributed by atoms with Crippen LogP contribution in [-0.4, -0.2) is 70.0 Å². The lowest BCUT2D eigenvalue weighted by Crippen LogP contribution is -2.37. The lowest BCUT2D eigenvalue weighted by molar-refractivity contribution is -0.870. The van der Waals surface area contributed by atoms with Gasteiger partial charge < -0.3 is 27.9 Å². The van der Waals surface area contributed by atoms with Crippen molar-refractivity contribution in [1.82, 2.24) is 0 Å². The summed E-state index contributed by atoms with van der Waals surface area (Å²) < 4.78 is 34.4. The van der Waals surface area contributed by atoms with Crippen molar-refractivity contribution in [2.24, 2.45) is 0 Å². The number of ether oxygens (including phenoxy) is 2. The van der Waals surface area contributed by atoms with Crippen LogP contribution in [0.5, 0.6) is 0 Å². The van der Waals surface area contributed by atoms with Crippen LogP contribution < -0.4 is 4.89 Å². The van der Waals surface area contributed by atoms with Gasteiger partial charge in [0.25, 0.3) is 7.82 Å². The number of phosphoric ester groups is 1. The fraction of sp³-hybridized carbons (Fsp3) is 0.614. The zero-order valence-electron chi connectivity index (χ0n) is 63.2. The first-order valence-corrected chi connectivity index (χ1v) is 40.6. The monoisotopic (exact) mass is 1370 g/mol. The van der Waals surface area contributed by atoms with E-state index in [2.05, 4.69) is 208 Å². The highest BCUT2D eigenvalue weighted by Gasteiger charge is 2.22. The largest absolute Gasteiger partial charge is 0.756 e. The van der Waals surface area contributed by atoms with E-state index in [9.17, 15) is 19.0 Å². The van der Waals surface area contributed by atoms with Gasteiger partial charge in [0.1, 0.15) is 19.8 Å². The van der Waals surface area contributed by atoms with E-state index in [-0.39, 0.29) is 26.1 Å². The molecule has 0 saturated heterocycles. The average molecular weight is 1380 g/mol. The normalized spacial score (nSPS) is 14.1. The Morgan fingerprint density at radius 2 is 0.551 bits per heavy atom. The highest BCUT2D eigenvalue weighted by molar-refractivity contribution is 7.45. The Morgan fingerprint density at radius 3 is 0.816 bits per heavy atom. The van der Waals surface area contributed by atoms with Crippen LogP contribution in [0.3, 0.4) is 0 Å². The van der Waals surface area contributed by atoms with E-state index in [0.717, 1.165) is 154 Å². The van der Waals surface area contributed by atoms with Gasteiger partial charge in [-0.1, -0.05) is 337 Å².